The molecule has 0 aliphatic carbocycles. The molecule has 7 aromatic rings. The van der Waals surface area contributed by atoms with Crippen LogP contribution in [0.1, 0.15) is 10.4 Å². The maximum absolute atomic E-state index is 11.6. The fraction of sp³-hybridized carbons (Fsp3) is 0. The zero-order valence-electron chi connectivity index (χ0n) is 18.8. The van der Waals surface area contributed by atoms with Crippen molar-refractivity contribution < 1.29 is 4.79 Å². The Morgan fingerprint density at radius 2 is 0.914 bits per heavy atom. The van der Waals surface area contributed by atoms with Gasteiger partial charge >= 0.3 is 0 Å². The van der Waals surface area contributed by atoms with Crippen LogP contribution in [0.15, 0.2) is 115 Å². The third kappa shape index (κ3) is 2.83. The summed E-state index contributed by atoms with van der Waals surface area (Å²) >= 11 is 0. The SMILES string of the molecule is NC(=O)c1ccc(-n2c3ccccc3c3cc(-n4c5ccccc5c5ccccc54)ccc32)cc1. The van der Waals surface area contributed by atoms with Crippen LogP contribution in [0.3, 0.4) is 0 Å². The molecular formula is C31H21N3O. The van der Waals surface area contributed by atoms with E-state index in [0.717, 1.165) is 22.4 Å². The largest absolute Gasteiger partial charge is 0.366 e. The second-order valence-electron chi connectivity index (χ2n) is 8.83. The van der Waals surface area contributed by atoms with Crippen molar-refractivity contribution in [3.63, 3.8) is 0 Å². The number of benzene rings is 5. The van der Waals surface area contributed by atoms with Crippen molar-refractivity contribution in [1.29, 1.82) is 0 Å². The molecule has 7 rings (SSSR count). The molecule has 0 unspecified atom stereocenters. The van der Waals surface area contributed by atoms with Crippen molar-refractivity contribution in [3.05, 3.63) is 121 Å². The number of primary amides is 1. The number of hydrogen-bond acceptors (Lipinski definition) is 1. The fourth-order valence-corrected chi connectivity index (χ4v) is 5.35. The van der Waals surface area contributed by atoms with E-state index < -0.39 is 5.91 Å². The molecule has 0 aliphatic heterocycles. The lowest BCUT2D eigenvalue weighted by Crippen LogP contribution is -2.10. The van der Waals surface area contributed by atoms with Crippen molar-refractivity contribution >= 4 is 49.5 Å². The maximum atomic E-state index is 11.6. The van der Waals surface area contributed by atoms with Crippen molar-refractivity contribution in [3.8, 4) is 11.4 Å². The van der Waals surface area contributed by atoms with E-state index in [9.17, 15) is 4.79 Å². The molecule has 0 spiro atoms. The minimum absolute atomic E-state index is 0.422. The van der Waals surface area contributed by atoms with Crippen molar-refractivity contribution in [2.24, 2.45) is 5.73 Å². The maximum Gasteiger partial charge on any atom is 0.248 e. The second kappa shape index (κ2) is 7.34. The van der Waals surface area contributed by atoms with Crippen LogP contribution >= 0.6 is 0 Å². The quantitative estimate of drug-likeness (QED) is 0.310. The predicted molar refractivity (Wildman–Crippen MR) is 144 cm³/mol. The summed E-state index contributed by atoms with van der Waals surface area (Å²) in [7, 11) is 0. The molecule has 166 valence electrons. The highest BCUT2D eigenvalue weighted by atomic mass is 16.1. The summed E-state index contributed by atoms with van der Waals surface area (Å²) in [6.07, 6.45) is 0. The molecular weight excluding hydrogens is 430 g/mol. The van der Waals surface area contributed by atoms with Gasteiger partial charge in [-0.05, 0) is 60.7 Å². The lowest BCUT2D eigenvalue weighted by Gasteiger charge is -2.10. The standard InChI is InChI=1S/C31H21N3O/c32-31(35)20-13-15-21(16-14-20)33-29-12-6-3-9-25(29)26-19-22(17-18-30(26)33)34-27-10-4-1-7-23(27)24-8-2-5-11-28(24)34/h1-19H,(H2,32,35). The zero-order chi connectivity index (χ0) is 23.5. The van der Waals surface area contributed by atoms with Gasteiger partial charge in [-0.25, -0.2) is 0 Å². The topological polar surface area (TPSA) is 53.0 Å². The summed E-state index contributed by atoms with van der Waals surface area (Å²) in [4.78, 5) is 11.6. The molecule has 0 fully saturated rings. The Morgan fingerprint density at radius 1 is 0.486 bits per heavy atom. The third-order valence-electron chi connectivity index (χ3n) is 6.90. The van der Waals surface area contributed by atoms with E-state index in [1.807, 2.05) is 12.1 Å². The lowest BCUT2D eigenvalue weighted by atomic mass is 10.1. The molecule has 0 bridgehead atoms. The average Bonchev–Trinajstić information content (AvgIpc) is 3.41. The van der Waals surface area contributed by atoms with Gasteiger partial charge in [-0.3, -0.25) is 4.79 Å². The van der Waals surface area contributed by atoms with Gasteiger partial charge in [-0.15, -0.1) is 0 Å². The number of rotatable bonds is 3. The molecule has 35 heavy (non-hydrogen) atoms. The Kier molecular flexibility index (Phi) is 4.11. The number of fused-ring (bicyclic) bond motifs is 6. The first-order valence-corrected chi connectivity index (χ1v) is 11.6. The monoisotopic (exact) mass is 451 g/mol. The second-order valence-corrected chi connectivity index (χ2v) is 8.83. The Morgan fingerprint density at radius 3 is 1.46 bits per heavy atom. The van der Waals surface area contributed by atoms with Crippen LogP contribution in [0, 0.1) is 0 Å². The molecule has 2 aromatic heterocycles. The first-order chi connectivity index (χ1) is 17.2. The van der Waals surface area contributed by atoms with Gasteiger partial charge in [0.25, 0.3) is 0 Å². The van der Waals surface area contributed by atoms with E-state index in [1.165, 1.54) is 32.6 Å². The highest BCUT2D eigenvalue weighted by molar-refractivity contribution is 6.12. The normalized spacial score (nSPS) is 11.7. The summed E-state index contributed by atoms with van der Waals surface area (Å²) in [5, 5.41) is 4.86. The Balaban J connectivity index is 1.53. The van der Waals surface area contributed by atoms with E-state index in [-0.39, 0.29) is 0 Å². The van der Waals surface area contributed by atoms with Crippen LogP contribution in [0.4, 0.5) is 0 Å². The molecule has 2 N–H and O–H groups in total. The van der Waals surface area contributed by atoms with Crippen LogP contribution in [0.2, 0.25) is 0 Å². The molecule has 1 amide bonds. The molecule has 0 aliphatic rings. The van der Waals surface area contributed by atoms with Crippen molar-refractivity contribution in [1.82, 2.24) is 9.13 Å². The fourth-order valence-electron chi connectivity index (χ4n) is 5.35. The minimum atomic E-state index is -0.422. The smallest absolute Gasteiger partial charge is 0.248 e. The van der Waals surface area contributed by atoms with Gasteiger partial charge < -0.3 is 14.9 Å². The highest BCUT2D eigenvalue weighted by Gasteiger charge is 2.16. The van der Waals surface area contributed by atoms with Gasteiger partial charge in [0, 0.05) is 38.5 Å². The summed E-state index contributed by atoms with van der Waals surface area (Å²) in [6, 6.07) is 39.7. The van der Waals surface area contributed by atoms with Crippen LogP contribution in [-0.4, -0.2) is 15.0 Å². The Bertz CT molecular complexity index is 1870. The van der Waals surface area contributed by atoms with E-state index in [1.54, 1.807) is 12.1 Å². The van der Waals surface area contributed by atoms with Gasteiger partial charge in [0.1, 0.15) is 0 Å². The number of nitrogens with zero attached hydrogens (tertiary/aromatic N) is 2. The summed E-state index contributed by atoms with van der Waals surface area (Å²) in [6.45, 7) is 0. The number of hydrogen-bond donors (Lipinski definition) is 1. The molecule has 0 saturated carbocycles. The van der Waals surface area contributed by atoms with Crippen molar-refractivity contribution in [2.75, 3.05) is 0 Å². The van der Waals surface area contributed by atoms with Crippen LogP contribution in [0.5, 0.6) is 0 Å². The molecule has 5 aromatic carbocycles. The van der Waals surface area contributed by atoms with E-state index in [0.29, 0.717) is 5.56 Å². The highest BCUT2D eigenvalue weighted by Crippen LogP contribution is 2.36. The van der Waals surface area contributed by atoms with Gasteiger partial charge in [-0.2, -0.15) is 0 Å². The molecule has 0 saturated heterocycles. The van der Waals surface area contributed by atoms with Crippen LogP contribution in [0.25, 0.3) is 55.0 Å². The average molecular weight is 452 g/mol. The summed E-state index contributed by atoms with van der Waals surface area (Å²) in [5.74, 6) is -0.422. The molecule has 4 heteroatoms. The Hall–Kier alpha value is -4.83. The number of para-hydroxylation sites is 3. The number of aromatic nitrogens is 2. The van der Waals surface area contributed by atoms with Gasteiger partial charge in [0.15, 0.2) is 0 Å². The molecule has 0 radical (unpaired) electrons. The predicted octanol–water partition coefficient (Wildman–Crippen LogP) is 6.98. The molecule has 2 heterocycles. The lowest BCUT2D eigenvalue weighted by molar-refractivity contribution is 0.100. The number of carbonyl (C=O) groups excluding carboxylic acids is 1. The van der Waals surface area contributed by atoms with E-state index in [2.05, 4.69) is 100 Å². The third-order valence-corrected chi connectivity index (χ3v) is 6.90. The Labute approximate surface area is 201 Å². The summed E-state index contributed by atoms with van der Waals surface area (Å²) in [5.41, 5.74) is 12.7. The van der Waals surface area contributed by atoms with Gasteiger partial charge in [-0.1, -0.05) is 54.6 Å². The number of nitrogens with two attached hydrogens (primary N) is 1. The van der Waals surface area contributed by atoms with Crippen molar-refractivity contribution in [2.45, 2.75) is 0 Å². The van der Waals surface area contributed by atoms with Gasteiger partial charge in [0.05, 0.1) is 22.1 Å². The number of carbonyl (C=O) groups is 1. The zero-order valence-corrected chi connectivity index (χ0v) is 18.8. The first kappa shape index (κ1) is 19.6. The van der Waals surface area contributed by atoms with E-state index in [4.69, 9.17) is 5.73 Å². The summed E-state index contributed by atoms with van der Waals surface area (Å²) < 4.78 is 4.59. The van der Waals surface area contributed by atoms with Gasteiger partial charge in [0.2, 0.25) is 5.91 Å². The van der Waals surface area contributed by atoms with Crippen LogP contribution in [-0.2, 0) is 0 Å². The number of amides is 1. The minimum Gasteiger partial charge on any atom is -0.366 e. The van der Waals surface area contributed by atoms with Crippen LogP contribution < -0.4 is 5.73 Å². The molecule has 4 nitrogen and oxygen atoms in total. The molecule has 0 atom stereocenters. The first-order valence-electron chi connectivity index (χ1n) is 11.6. The van der Waals surface area contributed by atoms with E-state index >= 15 is 0 Å².